The van der Waals surface area contributed by atoms with Crippen LogP contribution in [0.3, 0.4) is 0 Å². The molecular formula is C17H28IN3O2S. The van der Waals surface area contributed by atoms with Crippen molar-refractivity contribution in [3.05, 3.63) is 22.4 Å². The van der Waals surface area contributed by atoms with Gasteiger partial charge in [-0.2, -0.15) is 11.3 Å². The molecule has 0 aromatic carbocycles. The Morgan fingerprint density at radius 2 is 2.29 bits per heavy atom. The second kappa shape index (κ2) is 7.47. The van der Waals surface area contributed by atoms with Crippen molar-refractivity contribution in [1.82, 2.24) is 10.6 Å². The van der Waals surface area contributed by atoms with Gasteiger partial charge in [-0.05, 0) is 35.7 Å². The number of nitrogens with zero attached hydrogens (tertiary/aromatic N) is 1. The normalized spacial score (nSPS) is 30.5. The first-order chi connectivity index (χ1) is 10.9. The molecule has 1 aromatic rings. The van der Waals surface area contributed by atoms with Crippen LogP contribution < -0.4 is 10.6 Å². The van der Waals surface area contributed by atoms with E-state index in [9.17, 15) is 5.11 Å². The first kappa shape index (κ1) is 19.9. The minimum absolute atomic E-state index is 0. The molecule has 2 fully saturated rings. The summed E-state index contributed by atoms with van der Waals surface area (Å²) in [6.45, 7) is 7.58. The molecule has 0 radical (unpaired) electrons. The number of halogens is 1. The third kappa shape index (κ3) is 3.59. The fourth-order valence-electron chi connectivity index (χ4n) is 3.89. The number of fused-ring (bicyclic) bond motifs is 1. The molecule has 7 heteroatoms. The average Bonchev–Trinajstić information content (AvgIpc) is 3.18. The van der Waals surface area contributed by atoms with E-state index in [1.165, 1.54) is 0 Å². The molecule has 1 aromatic heterocycles. The zero-order chi connectivity index (χ0) is 16.7. The van der Waals surface area contributed by atoms with Crippen molar-refractivity contribution in [1.29, 1.82) is 0 Å². The Kier molecular flexibility index (Phi) is 6.21. The molecule has 2 aliphatic rings. The summed E-state index contributed by atoms with van der Waals surface area (Å²) in [5, 5.41) is 21.4. The maximum atomic E-state index is 10.6. The van der Waals surface area contributed by atoms with Crippen molar-refractivity contribution in [2.24, 2.45) is 16.3 Å². The van der Waals surface area contributed by atoms with Crippen LogP contribution in [0.4, 0.5) is 0 Å². The van der Waals surface area contributed by atoms with Crippen LogP contribution in [-0.2, 0) is 10.3 Å². The van der Waals surface area contributed by atoms with Gasteiger partial charge in [0.1, 0.15) is 5.60 Å². The van der Waals surface area contributed by atoms with E-state index in [-0.39, 0.29) is 29.4 Å². The summed E-state index contributed by atoms with van der Waals surface area (Å²) in [7, 11) is 1.77. The molecule has 0 bridgehead atoms. The molecule has 136 valence electrons. The largest absolute Gasteiger partial charge is 0.384 e. The summed E-state index contributed by atoms with van der Waals surface area (Å²) in [6.07, 6.45) is 1.46. The zero-order valence-corrected chi connectivity index (χ0v) is 17.9. The molecular weight excluding hydrogens is 437 g/mol. The molecule has 0 amide bonds. The molecule has 24 heavy (non-hydrogen) atoms. The van der Waals surface area contributed by atoms with Gasteiger partial charge in [0.2, 0.25) is 0 Å². The molecule has 3 rings (SSSR count). The topological polar surface area (TPSA) is 65.9 Å². The van der Waals surface area contributed by atoms with Crippen molar-refractivity contribution in [3.63, 3.8) is 0 Å². The second-order valence-electron chi connectivity index (χ2n) is 7.40. The SMILES string of the molecule is CN=C(NCC(C)(O)c1ccsc1)NC1C2CCOC2C1(C)C.I. The van der Waals surface area contributed by atoms with Gasteiger partial charge in [0, 0.05) is 31.0 Å². The number of thiophene rings is 1. The summed E-state index contributed by atoms with van der Waals surface area (Å²) in [6, 6.07) is 2.31. The van der Waals surface area contributed by atoms with E-state index >= 15 is 0 Å². The van der Waals surface area contributed by atoms with E-state index in [0.29, 0.717) is 24.6 Å². The highest BCUT2D eigenvalue weighted by molar-refractivity contribution is 14.0. The summed E-state index contributed by atoms with van der Waals surface area (Å²) < 4.78 is 5.84. The van der Waals surface area contributed by atoms with E-state index in [1.807, 2.05) is 23.8 Å². The third-order valence-electron chi connectivity index (χ3n) is 5.36. The fraction of sp³-hybridized carbons (Fsp3) is 0.706. The Morgan fingerprint density at radius 3 is 2.92 bits per heavy atom. The van der Waals surface area contributed by atoms with Gasteiger partial charge in [-0.25, -0.2) is 0 Å². The molecule has 2 heterocycles. The highest BCUT2D eigenvalue weighted by Gasteiger charge is 2.59. The van der Waals surface area contributed by atoms with Crippen molar-refractivity contribution in [2.75, 3.05) is 20.2 Å². The number of rotatable bonds is 4. The predicted octanol–water partition coefficient (Wildman–Crippen LogP) is 2.55. The summed E-state index contributed by atoms with van der Waals surface area (Å²) in [4.78, 5) is 4.32. The Hall–Kier alpha value is -0.380. The quantitative estimate of drug-likeness (QED) is 0.364. The minimum atomic E-state index is -0.911. The zero-order valence-electron chi connectivity index (χ0n) is 14.7. The first-order valence-corrected chi connectivity index (χ1v) is 9.14. The fourth-order valence-corrected chi connectivity index (χ4v) is 4.67. The van der Waals surface area contributed by atoms with Gasteiger partial charge in [-0.15, -0.1) is 24.0 Å². The Morgan fingerprint density at radius 1 is 1.54 bits per heavy atom. The minimum Gasteiger partial charge on any atom is -0.384 e. The van der Waals surface area contributed by atoms with E-state index in [2.05, 4.69) is 29.5 Å². The van der Waals surface area contributed by atoms with Gasteiger partial charge in [0.15, 0.2) is 5.96 Å². The van der Waals surface area contributed by atoms with E-state index in [4.69, 9.17) is 4.74 Å². The van der Waals surface area contributed by atoms with Gasteiger partial charge in [-0.1, -0.05) is 13.8 Å². The number of aliphatic imine (C=N–C) groups is 1. The molecule has 1 aliphatic carbocycles. The molecule has 0 spiro atoms. The van der Waals surface area contributed by atoms with Crippen molar-refractivity contribution in [2.45, 2.75) is 44.9 Å². The lowest BCUT2D eigenvalue weighted by Gasteiger charge is -2.55. The molecule has 1 saturated carbocycles. The van der Waals surface area contributed by atoms with Gasteiger partial charge >= 0.3 is 0 Å². The van der Waals surface area contributed by atoms with Crippen LogP contribution in [0.15, 0.2) is 21.8 Å². The highest BCUT2D eigenvalue weighted by atomic mass is 127. The van der Waals surface area contributed by atoms with Crippen LogP contribution >= 0.6 is 35.3 Å². The maximum absolute atomic E-state index is 10.6. The maximum Gasteiger partial charge on any atom is 0.191 e. The number of aliphatic hydroxyl groups is 1. The van der Waals surface area contributed by atoms with Crippen LogP contribution in [0.2, 0.25) is 0 Å². The lowest BCUT2D eigenvalue weighted by Crippen LogP contribution is -2.68. The predicted molar refractivity (Wildman–Crippen MR) is 109 cm³/mol. The number of guanidine groups is 1. The number of nitrogens with one attached hydrogen (secondary N) is 2. The Balaban J connectivity index is 0.00000208. The average molecular weight is 465 g/mol. The van der Waals surface area contributed by atoms with Crippen LogP contribution in [0, 0.1) is 11.3 Å². The monoisotopic (exact) mass is 465 g/mol. The van der Waals surface area contributed by atoms with Gasteiger partial charge in [0.05, 0.1) is 12.6 Å². The van der Waals surface area contributed by atoms with Crippen LogP contribution in [0.5, 0.6) is 0 Å². The van der Waals surface area contributed by atoms with Gasteiger partial charge in [0.25, 0.3) is 0 Å². The van der Waals surface area contributed by atoms with E-state index in [1.54, 1.807) is 18.4 Å². The molecule has 4 unspecified atom stereocenters. The van der Waals surface area contributed by atoms with Crippen molar-refractivity contribution in [3.8, 4) is 0 Å². The molecule has 4 atom stereocenters. The number of ether oxygens (including phenoxy) is 1. The van der Waals surface area contributed by atoms with E-state index in [0.717, 1.165) is 24.6 Å². The van der Waals surface area contributed by atoms with Gasteiger partial charge in [-0.3, -0.25) is 4.99 Å². The standard InChI is InChI=1S/C17H27N3O2S.HI/c1-16(2)13(12-5-7-22-14(12)16)20-15(18-4)19-10-17(3,21)11-6-8-23-9-11;/h6,8-9,12-14,21H,5,7,10H2,1-4H3,(H2,18,19,20);1H. The molecule has 5 nitrogen and oxygen atoms in total. The Bertz CT molecular complexity index is 574. The van der Waals surface area contributed by atoms with Crippen LogP contribution in [0.1, 0.15) is 32.8 Å². The van der Waals surface area contributed by atoms with Crippen molar-refractivity contribution < 1.29 is 9.84 Å². The van der Waals surface area contributed by atoms with Crippen LogP contribution in [0.25, 0.3) is 0 Å². The third-order valence-corrected chi connectivity index (χ3v) is 6.04. The number of hydrogen-bond acceptors (Lipinski definition) is 4. The number of hydrogen-bond donors (Lipinski definition) is 3. The Labute approximate surface area is 165 Å². The molecule has 3 N–H and O–H groups in total. The lowest BCUT2D eigenvalue weighted by atomic mass is 9.57. The summed E-state index contributed by atoms with van der Waals surface area (Å²) in [5.41, 5.74) is 0.124. The highest BCUT2D eigenvalue weighted by Crippen LogP contribution is 2.52. The van der Waals surface area contributed by atoms with Crippen molar-refractivity contribution >= 4 is 41.3 Å². The summed E-state index contributed by atoms with van der Waals surface area (Å²) in [5.74, 6) is 1.30. The molecule has 1 saturated heterocycles. The second-order valence-corrected chi connectivity index (χ2v) is 8.18. The lowest BCUT2D eigenvalue weighted by molar-refractivity contribution is -0.106. The summed E-state index contributed by atoms with van der Waals surface area (Å²) >= 11 is 1.59. The smallest absolute Gasteiger partial charge is 0.191 e. The molecule has 1 aliphatic heterocycles. The van der Waals surface area contributed by atoms with E-state index < -0.39 is 5.60 Å². The van der Waals surface area contributed by atoms with Crippen LogP contribution in [-0.4, -0.2) is 43.4 Å². The van der Waals surface area contributed by atoms with Gasteiger partial charge < -0.3 is 20.5 Å². The first-order valence-electron chi connectivity index (χ1n) is 8.20.